The standard InChI is InChI=1S/C9H15NO2/c1-4-5-10-8(3)6-7(2)9(11)12/h4,6,8,10H,1,5H2,2-3H3,(H,11,12). The molecule has 1 unspecified atom stereocenters. The Labute approximate surface area is 72.8 Å². The summed E-state index contributed by atoms with van der Waals surface area (Å²) >= 11 is 0. The third-order valence-corrected chi connectivity index (χ3v) is 1.42. The minimum Gasteiger partial charge on any atom is -0.478 e. The van der Waals surface area contributed by atoms with Gasteiger partial charge in [0.15, 0.2) is 0 Å². The van der Waals surface area contributed by atoms with Gasteiger partial charge >= 0.3 is 5.97 Å². The van der Waals surface area contributed by atoms with E-state index in [-0.39, 0.29) is 6.04 Å². The fourth-order valence-electron chi connectivity index (χ4n) is 0.774. The lowest BCUT2D eigenvalue weighted by atomic mass is 10.2. The summed E-state index contributed by atoms with van der Waals surface area (Å²) in [4.78, 5) is 10.4. The van der Waals surface area contributed by atoms with Crippen LogP contribution in [0.4, 0.5) is 0 Å². The van der Waals surface area contributed by atoms with Crippen molar-refractivity contribution in [3.05, 3.63) is 24.3 Å². The maximum Gasteiger partial charge on any atom is 0.331 e. The second-order valence-corrected chi connectivity index (χ2v) is 2.64. The van der Waals surface area contributed by atoms with Gasteiger partial charge in [0.05, 0.1) is 0 Å². The summed E-state index contributed by atoms with van der Waals surface area (Å²) in [6.07, 6.45) is 3.41. The summed E-state index contributed by atoms with van der Waals surface area (Å²) in [6, 6.07) is 0.0686. The van der Waals surface area contributed by atoms with Crippen molar-refractivity contribution in [2.75, 3.05) is 6.54 Å². The molecule has 0 aliphatic rings. The SMILES string of the molecule is C=CCNC(C)C=C(C)C(=O)O. The minimum absolute atomic E-state index is 0.0686. The minimum atomic E-state index is -0.873. The second kappa shape index (κ2) is 5.55. The number of carboxylic acids is 1. The second-order valence-electron chi connectivity index (χ2n) is 2.64. The van der Waals surface area contributed by atoms with Gasteiger partial charge in [-0.1, -0.05) is 12.2 Å². The molecule has 0 heterocycles. The number of rotatable bonds is 5. The average molecular weight is 169 g/mol. The first-order valence-corrected chi connectivity index (χ1v) is 3.84. The maximum atomic E-state index is 10.4. The van der Waals surface area contributed by atoms with Crippen LogP contribution < -0.4 is 5.32 Å². The van der Waals surface area contributed by atoms with Crippen LogP contribution in [0.1, 0.15) is 13.8 Å². The molecule has 0 spiro atoms. The molecule has 3 nitrogen and oxygen atoms in total. The first-order valence-electron chi connectivity index (χ1n) is 3.84. The van der Waals surface area contributed by atoms with Gasteiger partial charge in [0.1, 0.15) is 0 Å². The largest absolute Gasteiger partial charge is 0.478 e. The molecule has 0 rings (SSSR count). The van der Waals surface area contributed by atoms with Crippen LogP contribution >= 0.6 is 0 Å². The number of hydrogen-bond donors (Lipinski definition) is 2. The molecule has 0 bridgehead atoms. The van der Waals surface area contributed by atoms with E-state index in [1.165, 1.54) is 0 Å². The lowest BCUT2D eigenvalue weighted by Crippen LogP contribution is -2.24. The number of aliphatic carboxylic acids is 1. The Kier molecular flexibility index (Phi) is 5.04. The predicted octanol–water partition coefficient (Wildman–Crippen LogP) is 1.18. The van der Waals surface area contributed by atoms with Crippen molar-refractivity contribution in [1.82, 2.24) is 5.32 Å². The predicted molar refractivity (Wildman–Crippen MR) is 49.1 cm³/mol. The lowest BCUT2D eigenvalue weighted by molar-refractivity contribution is -0.132. The lowest BCUT2D eigenvalue weighted by Gasteiger charge is -2.06. The van der Waals surface area contributed by atoms with Crippen LogP contribution in [-0.4, -0.2) is 23.7 Å². The molecule has 0 aliphatic heterocycles. The molecule has 3 heteroatoms. The van der Waals surface area contributed by atoms with Crippen molar-refractivity contribution in [3.63, 3.8) is 0 Å². The van der Waals surface area contributed by atoms with E-state index in [4.69, 9.17) is 5.11 Å². The van der Waals surface area contributed by atoms with E-state index in [1.54, 1.807) is 19.1 Å². The van der Waals surface area contributed by atoms with Gasteiger partial charge in [-0.15, -0.1) is 6.58 Å². The van der Waals surface area contributed by atoms with Gasteiger partial charge in [-0.3, -0.25) is 0 Å². The Balaban J connectivity index is 3.95. The van der Waals surface area contributed by atoms with Gasteiger partial charge in [-0.25, -0.2) is 4.79 Å². The maximum absolute atomic E-state index is 10.4. The molecule has 0 aliphatic carbocycles. The van der Waals surface area contributed by atoms with Crippen LogP contribution in [-0.2, 0) is 4.79 Å². The van der Waals surface area contributed by atoms with E-state index in [0.717, 1.165) is 0 Å². The molecule has 1 atom stereocenters. The van der Waals surface area contributed by atoms with Crippen LogP contribution in [0.25, 0.3) is 0 Å². The first kappa shape index (κ1) is 10.9. The molecule has 0 saturated carbocycles. The smallest absolute Gasteiger partial charge is 0.331 e. The van der Waals surface area contributed by atoms with Crippen LogP contribution in [0.5, 0.6) is 0 Å². The van der Waals surface area contributed by atoms with Gasteiger partial charge < -0.3 is 10.4 Å². The molecule has 0 saturated heterocycles. The van der Waals surface area contributed by atoms with Crippen molar-refractivity contribution in [2.45, 2.75) is 19.9 Å². The van der Waals surface area contributed by atoms with Crippen molar-refractivity contribution in [2.24, 2.45) is 0 Å². The summed E-state index contributed by atoms with van der Waals surface area (Å²) in [5, 5.41) is 11.6. The molecular formula is C9H15NO2. The third kappa shape index (κ3) is 4.68. The van der Waals surface area contributed by atoms with E-state index in [2.05, 4.69) is 11.9 Å². The zero-order valence-electron chi connectivity index (χ0n) is 7.50. The topological polar surface area (TPSA) is 49.3 Å². The number of nitrogens with one attached hydrogen (secondary N) is 1. The highest BCUT2D eigenvalue weighted by Gasteiger charge is 2.01. The monoisotopic (exact) mass is 169 g/mol. The fourth-order valence-corrected chi connectivity index (χ4v) is 0.774. The van der Waals surface area contributed by atoms with Gasteiger partial charge in [0.25, 0.3) is 0 Å². The molecule has 0 aromatic rings. The summed E-state index contributed by atoms with van der Waals surface area (Å²) in [5.74, 6) is -0.873. The van der Waals surface area contributed by atoms with Gasteiger partial charge in [0, 0.05) is 18.2 Å². The zero-order chi connectivity index (χ0) is 9.56. The van der Waals surface area contributed by atoms with E-state index in [1.807, 2.05) is 6.92 Å². The Morgan fingerprint density at radius 1 is 1.75 bits per heavy atom. The van der Waals surface area contributed by atoms with Crippen LogP contribution in [0.3, 0.4) is 0 Å². The van der Waals surface area contributed by atoms with Gasteiger partial charge in [-0.2, -0.15) is 0 Å². The molecule has 0 amide bonds. The van der Waals surface area contributed by atoms with E-state index >= 15 is 0 Å². The average Bonchev–Trinajstić information content (AvgIpc) is 2.00. The molecule has 2 N–H and O–H groups in total. The van der Waals surface area contributed by atoms with Crippen molar-refractivity contribution in [3.8, 4) is 0 Å². The summed E-state index contributed by atoms with van der Waals surface area (Å²) in [7, 11) is 0. The number of hydrogen-bond acceptors (Lipinski definition) is 2. The quantitative estimate of drug-likeness (QED) is 0.480. The molecule has 0 radical (unpaired) electrons. The van der Waals surface area contributed by atoms with Gasteiger partial charge in [-0.05, 0) is 13.8 Å². The van der Waals surface area contributed by atoms with E-state index < -0.39 is 5.97 Å². The normalized spacial score (nSPS) is 14.0. The zero-order valence-corrected chi connectivity index (χ0v) is 7.50. The Morgan fingerprint density at radius 2 is 2.33 bits per heavy atom. The highest BCUT2D eigenvalue weighted by molar-refractivity contribution is 5.85. The van der Waals surface area contributed by atoms with E-state index in [0.29, 0.717) is 12.1 Å². The van der Waals surface area contributed by atoms with E-state index in [9.17, 15) is 4.79 Å². The van der Waals surface area contributed by atoms with Crippen LogP contribution in [0, 0.1) is 0 Å². The fraction of sp³-hybridized carbons (Fsp3) is 0.444. The Hall–Kier alpha value is -1.09. The number of carboxylic acid groups (broad SMARTS) is 1. The highest BCUT2D eigenvalue weighted by Crippen LogP contribution is 1.95. The molecule has 68 valence electrons. The third-order valence-electron chi connectivity index (χ3n) is 1.42. The molecule has 0 aromatic carbocycles. The summed E-state index contributed by atoms with van der Waals surface area (Å²) in [6.45, 7) is 7.71. The molecule has 0 fully saturated rings. The highest BCUT2D eigenvalue weighted by atomic mass is 16.4. The van der Waals surface area contributed by atoms with Crippen LogP contribution in [0.15, 0.2) is 24.3 Å². The Bertz CT molecular complexity index is 197. The Morgan fingerprint density at radius 3 is 2.75 bits per heavy atom. The number of carbonyl (C=O) groups is 1. The van der Waals surface area contributed by atoms with Gasteiger partial charge in [0.2, 0.25) is 0 Å². The molecular weight excluding hydrogens is 154 g/mol. The molecule has 12 heavy (non-hydrogen) atoms. The van der Waals surface area contributed by atoms with Crippen molar-refractivity contribution < 1.29 is 9.90 Å². The summed E-state index contributed by atoms with van der Waals surface area (Å²) < 4.78 is 0. The molecule has 0 aromatic heterocycles. The first-order chi connectivity index (χ1) is 5.57. The summed E-state index contributed by atoms with van der Waals surface area (Å²) in [5.41, 5.74) is 0.360. The van der Waals surface area contributed by atoms with Crippen molar-refractivity contribution >= 4 is 5.97 Å². The van der Waals surface area contributed by atoms with Crippen LogP contribution in [0.2, 0.25) is 0 Å². The van der Waals surface area contributed by atoms with Crippen molar-refractivity contribution in [1.29, 1.82) is 0 Å².